The summed E-state index contributed by atoms with van der Waals surface area (Å²) in [7, 11) is 0. The lowest BCUT2D eigenvalue weighted by atomic mass is 9.97. The summed E-state index contributed by atoms with van der Waals surface area (Å²) in [4.78, 5) is 4.43. The molecule has 1 aliphatic rings. The molecule has 0 radical (unpaired) electrons. The maximum Gasteiger partial charge on any atom is 0.203 e. The van der Waals surface area contributed by atoms with Gasteiger partial charge in [0.2, 0.25) is 5.28 Å². The van der Waals surface area contributed by atoms with Gasteiger partial charge in [-0.2, -0.15) is 0 Å². The van der Waals surface area contributed by atoms with E-state index in [9.17, 15) is 0 Å². The SMILES string of the molecule is CC1CCn2c(Cl)nc(COc3ccccc3Cl)c2C1. The van der Waals surface area contributed by atoms with Crippen LogP contribution < -0.4 is 4.74 Å². The molecule has 3 nitrogen and oxygen atoms in total. The van der Waals surface area contributed by atoms with Crippen LogP contribution in [-0.4, -0.2) is 9.55 Å². The molecule has 0 amide bonds. The fraction of sp³-hybridized carbons (Fsp3) is 0.400. The lowest BCUT2D eigenvalue weighted by molar-refractivity contribution is 0.297. The molecule has 2 aromatic rings. The highest BCUT2D eigenvalue weighted by molar-refractivity contribution is 6.32. The number of fused-ring (bicyclic) bond motifs is 1. The molecule has 0 fully saturated rings. The van der Waals surface area contributed by atoms with Crippen LogP contribution in [0.4, 0.5) is 0 Å². The van der Waals surface area contributed by atoms with Crippen LogP contribution in [0, 0.1) is 5.92 Å². The van der Waals surface area contributed by atoms with Gasteiger partial charge in [0.05, 0.1) is 5.02 Å². The molecule has 1 unspecified atom stereocenters. The highest BCUT2D eigenvalue weighted by Crippen LogP contribution is 2.29. The summed E-state index contributed by atoms with van der Waals surface area (Å²) in [6, 6.07) is 7.45. The van der Waals surface area contributed by atoms with Crippen LogP contribution in [0.1, 0.15) is 24.7 Å². The number of aromatic nitrogens is 2. The first-order valence-corrected chi connectivity index (χ1v) is 7.52. The summed E-state index contributed by atoms with van der Waals surface area (Å²) < 4.78 is 7.86. The lowest BCUT2D eigenvalue weighted by Crippen LogP contribution is -2.18. The van der Waals surface area contributed by atoms with Crippen molar-refractivity contribution in [2.75, 3.05) is 0 Å². The zero-order valence-corrected chi connectivity index (χ0v) is 12.8. The number of nitrogens with zero attached hydrogens (tertiary/aromatic N) is 2. The van der Waals surface area contributed by atoms with E-state index < -0.39 is 0 Å². The van der Waals surface area contributed by atoms with Crippen LogP contribution in [0.5, 0.6) is 5.75 Å². The van der Waals surface area contributed by atoms with Crippen molar-refractivity contribution < 1.29 is 4.74 Å². The van der Waals surface area contributed by atoms with Gasteiger partial charge in [0.1, 0.15) is 18.1 Å². The average Bonchev–Trinajstić information content (AvgIpc) is 2.74. The number of benzene rings is 1. The third kappa shape index (κ3) is 2.65. The van der Waals surface area contributed by atoms with E-state index >= 15 is 0 Å². The Balaban J connectivity index is 1.80. The van der Waals surface area contributed by atoms with Crippen molar-refractivity contribution in [2.24, 2.45) is 5.92 Å². The molecule has 1 atom stereocenters. The predicted octanol–water partition coefficient (Wildman–Crippen LogP) is 4.35. The van der Waals surface area contributed by atoms with Crippen LogP contribution in [0.3, 0.4) is 0 Å². The number of imidazole rings is 1. The smallest absolute Gasteiger partial charge is 0.203 e. The summed E-state index contributed by atoms with van der Waals surface area (Å²) in [5.41, 5.74) is 2.11. The molecule has 20 heavy (non-hydrogen) atoms. The number of hydrogen-bond donors (Lipinski definition) is 0. The quantitative estimate of drug-likeness (QED) is 0.842. The standard InChI is InChI=1S/C15H16Cl2N2O/c1-10-6-7-19-13(8-10)12(18-15(19)17)9-20-14-5-3-2-4-11(14)16/h2-5,10H,6-9H2,1H3. The lowest BCUT2D eigenvalue weighted by Gasteiger charge is -2.21. The average molecular weight is 311 g/mol. The molecule has 0 spiro atoms. The summed E-state index contributed by atoms with van der Waals surface area (Å²) >= 11 is 12.3. The van der Waals surface area contributed by atoms with E-state index in [1.807, 2.05) is 24.3 Å². The van der Waals surface area contributed by atoms with Gasteiger partial charge < -0.3 is 9.30 Å². The van der Waals surface area contributed by atoms with Gasteiger partial charge in [-0.3, -0.25) is 0 Å². The predicted molar refractivity (Wildman–Crippen MR) is 80.5 cm³/mol. The van der Waals surface area contributed by atoms with Crippen LogP contribution in [0.2, 0.25) is 10.3 Å². The number of ether oxygens (including phenoxy) is 1. The number of halogens is 2. The van der Waals surface area contributed by atoms with Crippen molar-refractivity contribution in [2.45, 2.75) is 32.9 Å². The molecule has 1 aromatic heterocycles. The maximum atomic E-state index is 6.19. The monoisotopic (exact) mass is 310 g/mol. The van der Waals surface area contributed by atoms with E-state index in [0.29, 0.717) is 28.6 Å². The van der Waals surface area contributed by atoms with Gasteiger partial charge in [0.25, 0.3) is 0 Å². The molecule has 0 bridgehead atoms. The van der Waals surface area contributed by atoms with Crippen molar-refractivity contribution in [1.82, 2.24) is 9.55 Å². The van der Waals surface area contributed by atoms with Gasteiger partial charge in [-0.15, -0.1) is 0 Å². The van der Waals surface area contributed by atoms with Gasteiger partial charge in [-0.1, -0.05) is 30.7 Å². The molecule has 2 heterocycles. The van der Waals surface area contributed by atoms with E-state index in [0.717, 1.165) is 25.1 Å². The normalized spacial score (nSPS) is 17.9. The zero-order chi connectivity index (χ0) is 14.1. The van der Waals surface area contributed by atoms with Gasteiger partial charge in [0.15, 0.2) is 0 Å². The Bertz CT molecular complexity index is 624. The van der Waals surface area contributed by atoms with Crippen molar-refractivity contribution in [3.05, 3.63) is 46.0 Å². The molecule has 0 N–H and O–H groups in total. The Hall–Kier alpha value is -1.19. The largest absolute Gasteiger partial charge is 0.486 e. The van der Waals surface area contributed by atoms with Crippen molar-refractivity contribution >= 4 is 23.2 Å². The van der Waals surface area contributed by atoms with Gasteiger partial charge >= 0.3 is 0 Å². The van der Waals surface area contributed by atoms with Crippen molar-refractivity contribution in [3.63, 3.8) is 0 Å². The first-order valence-electron chi connectivity index (χ1n) is 6.76. The molecule has 106 valence electrons. The molecule has 0 saturated carbocycles. The van der Waals surface area contributed by atoms with Crippen LogP contribution in [0.25, 0.3) is 0 Å². The molecular weight excluding hydrogens is 295 g/mol. The summed E-state index contributed by atoms with van der Waals surface area (Å²) in [6.45, 7) is 3.59. The van der Waals surface area contributed by atoms with Crippen LogP contribution >= 0.6 is 23.2 Å². The fourth-order valence-corrected chi connectivity index (χ4v) is 3.04. The Morgan fingerprint density at radius 3 is 2.95 bits per heavy atom. The second kappa shape index (κ2) is 5.66. The summed E-state index contributed by atoms with van der Waals surface area (Å²) in [5, 5.41) is 1.17. The molecule has 1 aliphatic heterocycles. The number of para-hydroxylation sites is 1. The van der Waals surface area contributed by atoms with Gasteiger partial charge in [-0.05, 0) is 42.5 Å². The maximum absolute atomic E-state index is 6.19. The second-order valence-electron chi connectivity index (χ2n) is 5.24. The van der Waals surface area contributed by atoms with Crippen molar-refractivity contribution in [3.8, 4) is 5.75 Å². The topological polar surface area (TPSA) is 27.1 Å². The minimum atomic E-state index is 0.401. The number of rotatable bonds is 3. The minimum absolute atomic E-state index is 0.401. The highest BCUT2D eigenvalue weighted by Gasteiger charge is 2.22. The van der Waals surface area contributed by atoms with Crippen molar-refractivity contribution in [1.29, 1.82) is 0 Å². The molecule has 5 heteroatoms. The van der Waals surface area contributed by atoms with E-state index in [2.05, 4.69) is 16.5 Å². The number of hydrogen-bond acceptors (Lipinski definition) is 2. The van der Waals surface area contributed by atoms with Gasteiger partial charge in [0, 0.05) is 12.2 Å². The van der Waals surface area contributed by atoms with E-state index in [4.69, 9.17) is 27.9 Å². The van der Waals surface area contributed by atoms with Crippen LogP contribution in [-0.2, 0) is 19.6 Å². The molecule has 0 aliphatic carbocycles. The molecule has 1 aromatic carbocycles. The van der Waals surface area contributed by atoms with Crippen LogP contribution in [0.15, 0.2) is 24.3 Å². The Morgan fingerprint density at radius 1 is 1.35 bits per heavy atom. The summed E-state index contributed by atoms with van der Waals surface area (Å²) in [5.74, 6) is 1.34. The molecular formula is C15H16Cl2N2O. The Kier molecular flexibility index (Phi) is 3.90. The minimum Gasteiger partial charge on any atom is -0.486 e. The van der Waals surface area contributed by atoms with E-state index in [1.165, 1.54) is 5.69 Å². The van der Waals surface area contributed by atoms with Gasteiger partial charge in [-0.25, -0.2) is 4.98 Å². The Morgan fingerprint density at radius 2 is 2.15 bits per heavy atom. The first kappa shape index (κ1) is 13.8. The highest BCUT2D eigenvalue weighted by atomic mass is 35.5. The third-order valence-corrected chi connectivity index (χ3v) is 4.30. The molecule has 0 saturated heterocycles. The zero-order valence-electron chi connectivity index (χ0n) is 11.3. The molecule has 3 rings (SSSR count). The first-order chi connectivity index (χ1) is 9.65. The summed E-state index contributed by atoms with van der Waals surface area (Å²) in [6.07, 6.45) is 2.15. The second-order valence-corrected chi connectivity index (χ2v) is 5.99. The van der Waals surface area contributed by atoms with E-state index in [-0.39, 0.29) is 0 Å². The Labute approximate surface area is 128 Å². The fourth-order valence-electron chi connectivity index (χ4n) is 2.56. The van der Waals surface area contributed by atoms with E-state index in [1.54, 1.807) is 0 Å². The third-order valence-electron chi connectivity index (χ3n) is 3.70.